The number of aliphatic hydroxyl groups is 1. The Balaban J connectivity index is 1.79. The van der Waals surface area contributed by atoms with Crippen molar-refractivity contribution in [1.82, 2.24) is 19.4 Å². The van der Waals surface area contributed by atoms with E-state index in [1.54, 1.807) is 65.8 Å². The maximum atomic E-state index is 13.1. The summed E-state index contributed by atoms with van der Waals surface area (Å²) in [6.07, 6.45) is 6.49. The molecule has 4 aromatic heterocycles. The standard InChI is InChI=1S/C21H15N5O3S/c1-12-16(25-9-3-2-6-14(25)24-12)18(27)15-17(13-5-4-7-22-11-13)26(20(29)19(15)28)21-23-8-10-30-21/h2-11,17,27H,1H3/b18-15+. The third-order valence-corrected chi connectivity index (χ3v) is 5.77. The fraction of sp³-hybridized carbons (Fsp3) is 0.0952. The number of carbonyl (C=O) groups excluding carboxylic acids is 2. The Labute approximate surface area is 174 Å². The van der Waals surface area contributed by atoms with Gasteiger partial charge in [0.15, 0.2) is 10.9 Å². The minimum Gasteiger partial charge on any atom is -0.505 e. The van der Waals surface area contributed by atoms with Crippen LogP contribution >= 0.6 is 11.3 Å². The molecule has 1 N–H and O–H groups in total. The lowest BCUT2D eigenvalue weighted by Gasteiger charge is -2.22. The highest BCUT2D eigenvalue weighted by atomic mass is 32.1. The zero-order valence-corrected chi connectivity index (χ0v) is 16.6. The number of aliphatic hydroxyl groups excluding tert-OH is 1. The van der Waals surface area contributed by atoms with Crippen molar-refractivity contribution in [2.75, 3.05) is 4.90 Å². The molecule has 8 nitrogen and oxygen atoms in total. The molecule has 1 amide bonds. The van der Waals surface area contributed by atoms with Crippen molar-refractivity contribution < 1.29 is 14.7 Å². The van der Waals surface area contributed by atoms with Gasteiger partial charge in [0.25, 0.3) is 5.78 Å². The van der Waals surface area contributed by atoms with Crippen LogP contribution in [0.2, 0.25) is 0 Å². The number of aryl methyl sites for hydroxylation is 1. The highest BCUT2D eigenvalue weighted by molar-refractivity contribution is 7.14. The molecule has 0 bridgehead atoms. The van der Waals surface area contributed by atoms with Crippen molar-refractivity contribution in [2.24, 2.45) is 0 Å². The van der Waals surface area contributed by atoms with Crippen molar-refractivity contribution in [3.8, 4) is 0 Å². The first-order valence-electron chi connectivity index (χ1n) is 9.12. The number of nitrogens with zero attached hydrogens (tertiary/aromatic N) is 5. The first-order chi connectivity index (χ1) is 14.6. The Morgan fingerprint density at radius 1 is 1.17 bits per heavy atom. The van der Waals surface area contributed by atoms with Crippen molar-refractivity contribution >= 4 is 39.6 Å². The van der Waals surface area contributed by atoms with E-state index in [1.165, 1.54) is 16.2 Å². The predicted molar refractivity (Wildman–Crippen MR) is 111 cm³/mol. The van der Waals surface area contributed by atoms with Gasteiger partial charge in [-0.25, -0.2) is 9.97 Å². The molecule has 0 saturated carbocycles. The molecular weight excluding hydrogens is 402 g/mol. The maximum Gasteiger partial charge on any atom is 0.301 e. The van der Waals surface area contributed by atoms with Gasteiger partial charge in [-0.3, -0.25) is 23.9 Å². The van der Waals surface area contributed by atoms with Gasteiger partial charge in [0.05, 0.1) is 17.3 Å². The molecule has 5 heterocycles. The van der Waals surface area contributed by atoms with Crippen LogP contribution in [0.5, 0.6) is 0 Å². The molecular formula is C21H15N5O3S. The van der Waals surface area contributed by atoms with Gasteiger partial charge in [0, 0.05) is 30.2 Å². The van der Waals surface area contributed by atoms with Crippen LogP contribution in [0, 0.1) is 6.92 Å². The van der Waals surface area contributed by atoms with Gasteiger partial charge in [0.1, 0.15) is 11.3 Å². The first kappa shape index (κ1) is 18.2. The largest absolute Gasteiger partial charge is 0.505 e. The Bertz CT molecular complexity index is 1310. The Morgan fingerprint density at radius 2 is 2.03 bits per heavy atom. The molecule has 0 aromatic carbocycles. The van der Waals surface area contributed by atoms with Gasteiger partial charge < -0.3 is 5.11 Å². The molecule has 0 radical (unpaired) electrons. The molecule has 4 aromatic rings. The second-order valence-electron chi connectivity index (χ2n) is 6.74. The van der Waals surface area contributed by atoms with E-state index < -0.39 is 17.7 Å². The molecule has 5 rings (SSSR count). The summed E-state index contributed by atoms with van der Waals surface area (Å²) in [6, 6.07) is 8.07. The number of aromatic nitrogens is 4. The number of imidazole rings is 1. The first-order valence-corrected chi connectivity index (χ1v) is 10.0. The molecule has 9 heteroatoms. The molecule has 1 aliphatic heterocycles. The fourth-order valence-corrected chi connectivity index (χ4v) is 4.41. The fourth-order valence-electron chi connectivity index (χ4n) is 3.74. The minimum atomic E-state index is -0.849. The zero-order valence-electron chi connectivity index (χ0n) is 15.8. The van der Waals surface area contributed by atoms with Gasteiger partial charge in [0.2, 0.25) is 0 Å². The molecule has 0 aliphatic carbocycles. The molecule has 148 valence electrons. The van der Waals surface area contributed by atoms with Crippen LogP contribution in [0.1, 0.15) is 23.0 Å². The summed E-state index contributed by atoms with van der Waals surface area (Å²) in [5.41, 5.74) is 2.13. The number of rotatable bonds is 3. The predicted octanol–water partition coefficient (Wildman–Crippen LogP) is 3.12. The highest BCUT2D eigenvalue weighted by Gasteiger charge is 2.48. The van der Waals surface area contributed by atoms with Crippen LogP contribution in [0.3, 0.4) is 0 Å². The van der Waals surface area contributed by atoms with Crippen LogP contribution < -0.4 is 4.90 Å². The van der Waals surface area contributed by atoms with E-state index in [1.807, 2.05) is 6.07 Å². The van der Waals surface area contributed by atoms with Crippen molar-refractivity contribution in [1.29, 1.82) is 0 Å². The topological polar surface area (TPSA) is 101 Å². The summed E-state index contributed by atoms with van der Waals surface area (Å²) in [6.45, 7) is 1.75. The Kier molecular flexibility index (Phi) is 4.18. The van der Waals surface area contributed by atoms with E-state index in [2.05, 4.69) is 15.0 Å². The summed E-state index contributed by atoms with van der Waals surface area (Å²) in [5.74, 6) is -1.80. The monoisotopic (exact) mass is 417 g/mol. The number of anilines is 1. The SMILES string of the molecule is Cc1nc2ccccn2c1/C(O)=C1\C(=O)C(=O)N(c2nccs2)C1c1cccnc1. The lowest BCUT2D eigenvalue weighted by molar-refractivity contribution is -0.132. The average Bonchev–Trinajstić information content (AvgIpc) is 3.45. The van der Waals surface area contributed by atoms with Crippen LogP contribution in [-0.2, 0) is 9.59 Å². The average molecular weight is 417 g/mol. The van der Waals surface area contributed by atoms with E-state index in [4.69, 9.17) is 0 Å². The quantitative estimate of drug-likeness (QED) is 0.312. The second kappa shape index (κ2) is 6.89. The number of amides is 1. The zero-order chi connectivity index (χ0) is 20.8. The number of thiazole rings is 1. The minimum absolute atomic E-state index is 0.0167. The molecule has 1 aliphatic rings. The number of hydrogen-bond acceptors (Lipinski definition) is 7. The number of hydrogen-bond donors (Lipinski definition) is 1. The number of Topliss-reactive ketones (excluding diaryl/α,β-unsaturated/α-hetero) is 1. The van der Waals surface area contributed by atoms with E-state index >= 15 is 0 Å². The molecule has 1 saturated heterocycles. The number of carbonyl (C=O) groups is 2. The van der Waals surface area contributed by atoms with Crippen molar-refractivity contribution in [2.45, 2.75) is 13.0 Å². The molecule has 1 unspecified atom stereocenters. The van der Waals surface area contributed by atoms with Gasteiger partial charge in [-0.1, -0.05) is 12.1 Å². The van der Waals surface area contributed by atoms with Crippen LogP contribution in [0.25, 0.3) is 11.4 Å². The van der Waals surface area contributed by atoms with Crippen molar-refractivity contribution in [3.63, 3.8) is 0 Å². The van der Waals surface area contributed by atoms with Gasteiger partial charge in [-0.15, -0.1) is 11.3 Å². The molecule has 30 heavy (non-hydrogen) atoms. The summed E-state index contributed by atoms with van der Waals surface area (Å²) < 4.78 is 1.70. The van der Waals surface area contributed by atoms with Crippen LogP contribution in [0.4, 0.5) is 5.13 Å². The molecule has 0 spiro atoms. The highest BCUT2D eigenvalue weighted by Crippen LogP contribution is 2.42. The third kappa shape index (κ3) is 2.63. The van der Waals surface area contributed by atoms with Crippen LogP contribution in [0.15, 0.2) is 66.1 Å². The summed E-state index contributed by atoms with van der Waals surface area (Å²) in [7, 11) is 0. The van der Waals surface area contributed by atoms with Crippen LogP contribution in [-0.4, -0.2) is 36.1 Å². The summed E-state index contributed by atoms with van der Waals surface area (Å²) in [4.78, 5) is 40.2. The number of ketones is 1. The summed E-state index contributed by atoms with van der Waals surface area (Å²) >= 11 is 1.24. The Morgan fingerprint density at radius 3 is 2.77 bits per heavy atom. The normalized spacial score (nSPS) is 18.4. The lowest BCUT2D eigenvalue weighted by atomic mass is 9.97. The smallest absolute Gasteiger partial charge is 0.301 e. The second-order valence-corrected chi connectivity index (χ2v) is 7.62. The molecule has 1 fully saturated rings. The number of pyridine rings is 2. The van der Waals surface area contributed by atoms with Gasteiger partial charge in [-0.05, 0) is 30.7 Å². The van der Waals surface area contributed by atoms with Gasteiger partial charge >= 0.3 is 5.91 Å². The van der Waals surface area contributed by atoms with E-state index in [0.717, 1.165) is 0 Å². The summed E-state index contributed by atoms with van der Waals surface area (Å²) in [5, 5.41) is 13.4. The Hall–Kier alpha value is -3.85. The number of fused-ring (bicyclic) bond motifs is 1. The third-order valence-electron chi connectivity index (χ3n) is 5.00. The maximum absolute atomic E-state index is 13.1. The van der Waals surface area contributed by atoms with E-state index in [-0.39, 0.29) is 11.3 Å². The molecule has 1 atom stereocenters. The van der Waals surface area contributed by atoms with Gasteiger partial charge in [-0.2, -0.15) is 0 Å². The van der Waals surface area contributed by atoms with E-state index in [9.17, 15) is 14.7 Å². The van der Waals surface area contributed by atoms with Crippen molar-refractivity contribution in [3.05, 3.63) is 83.0 Å². The van der Waals surface area contributed by atoms with E-state index in [0.29, 0.717) is 27.7 Å². The lowest BCUT2D eigenvalue weighted by Crippen LogP contribution is -2.29.